The average molecular weight is 493 g/mol. The number of halogens is 1. The Morgan fingerprint density at radius 2 is 1.14 bits per heavy atom. The molecule has 0 aliphatic heterocycles. The number of hydrogen-bond acceptors (Lipinski definition) is 6. The normalized spacial score (nSPS) is 11.2. The number of ether oxygens (including phenoxy) is 3. The second kappa shape index (κ2) is 11.9. The minimum Gasteiger partial charge on any atom is -0.420 e. The van der Waals surface area contributed by atoms with Crippen LogP contribution in [0.2, 0.25) is 0 Å². The van der Waals surface area contributed by atoms with Crippen LogP contribution in [0.25, 0.3) is 11.1 Å². The average Bonchev–Trinajstić information content (AvgIpc) is 2.81. The second-order valence-corrected chi connectivity index (χ2v) is 8.27. The Balaban J connectivity index is 2.54. The van der Waals surface area contributed by atoms with Crippen LogP contribution in [0.15, 0.2) is 72.9 Å². The zero-order valence-electron chi connectivity index (χ0n) is 21.1. The number of benzene rings is 2. The van der Waals surface area contributed by atoms with Gasteiger partial charge in [0.05, 0.1) is 0 Å². The van der Waals surface area contributed by atoms with E-state index in [2.05, 4.69) is 19.7 Å². The third-order valence-corrected chi connectivity index (χ3v) is 5.12. The monoisotopic (exact) mass is 492 g/mol. The van der Waals surface area contributed by atoms with E-state index in [1.807, 2.05) is 13.8 Å². The fourth-order valence-corrected chi connectivity index (χ4v) is 3.10. The number of hydrogen-bond donors (Lipinski definition) is 0. The maximum absolute atomic E-state index is 14.7. The Morgan fingerprint density at radius 1 is 0.694 bits per heavy atom. The van der Waals surface area contributed by atoms with E-state index in [1.54, 1.807) is 18.2 Å². The lowest BCUT2D eigenvalue weighted by atomic mass is 9.93. The molecular formula is C29H29FO6. The standard InChI is InChI=1S/C29H29FO6/c1-9-22(19(8)20-10-12-24(23(30)14-20)34-27(31)16(2)3)21-11-13-25(35-28(32)17(4)5)26(15-21)36-29(33)18(6)7/h10-15H,2,4,6,9H2,1,3,5,7-8H3/b22-19+. The first-order chi connectivity index (χ1) is 16.8. The minimum atomic E-state index is -0.715. The molecule has 0 saturated carbocycles. The zero-order valence-corrected chi connectivity index (χ0v) is 21.1. The van der Waals surface area contributed by atoms with Crippen LogP contribution in [0.3, 0.4) is 0 Å². The van der Waals surface area contributed by atoms with Gasteiger partial charge in [-0.05, 0) is 80.7 Å². The molecule has 2 aromatic carbocycles. The van der Waals surface area contributed by atoms with Crippen LogP contribution in [-0.2, 0) is 14.4 Å². The van der Waals surface area contributed by atoms with E-state index in [9.17, 15) is 18.8 Å². The molecule has 0 radical (unpaired) electrons. The Bertz CT molecular complexity index is 1300. The van der Waals surface area contributed by atoms with Crippen molar-refractivity contribution < 1.29 is 33.0 Å². The molecule has 0 N–H and O–H groups in total. The summed E-state index contributed by atoms with van der Waals surface area (Å²) in [4.78, 5) is 36.0. The molecule has 0 atom stereocenters. The predicted octanol–water partition coefficient (Wildman–Crippen LogP) is 6.61. The molecule has 36 heavy (non-hydrogen) atoms. The summed E-state index contributed by atoms with van der Waals surface area (Å²) in [6, 6.07) is 9.09. The SMILES string of the molecule is C=C(C)C(=O)Oc1ccc(/C(C)=C(\CC)c2ccc(OC(=O)C(=C)C)c(OC(=O)C(=C)C)c2)cc1F. The molecule has 188 valence electrons. The summed E-state index contributed by atoms with van der Waals surface area (Å²) in [5, 5.41) is 0. The van der Waals surface area contributed by atoms with Crippen LogP contribution in [0.1, 0.15) is 52.2 Å². The van der Waals surface area contributed by atoms with Crippen molar-refractivity contribution >= 4 is 29.1 Å². The first-order valence-corrected chi connectivity index (χ1v) is 11.1. The summed E-state index contributed by atoms with van der Waals surface area (Å²) in [6.07, 6.45) is 0.554. The van der Waals surface area contributed by atoms with Gasteiger partial charge in [-0.3, -0.25) is 0 Å². The van der Waals surface area contributed by atoms with Crippen molar-refractivity contribution in [2.45, 2.75) is 41.0 Å². The molecule has 0 bridgehead atoms. The van der Waals surface area contributed by atoms with Crippen molar-refractivity contribution in [3.8, 4) is 17.2 Å². The summed E-state index contributed by atoms with van der Waals surface area (Å²) < 4.78 is 30.4. The lowest BCUT2D eigenvalue weighted by Crippen LogP contribution is -2.13. The van der Waals surface area contributed by atoms with E-state index in [0.717, 1.165) is 11.1 Å². The van der Waals surface area contributed by atoms with Gasteiger partial charge in [0.15, 0.2) is 23.1 Å². The molecule has 0 aromatic heterocycles. The van der Waals surface area contributed by atoms with Gasteiger partial charge in [-0.1, -0.05) is 38.8 Å². The molecule has 2 rings (SSSR count). The number of carbonyl (C=O) groups is 3. The number of rotatable bonds is 9. The quantitative estimate of drug-likeness (QED) is 0.170. The van der Waals surface area contributed by atoms with Gasteiger partial charge in [0.1, 0.15) is 0 Å². The molecule has 0 aliphatic rings. The molecule has 7 heteroatoms. The van der Waals surface area contributed by atoms with Gasteiger partial charge >= 0.3 is 17.9 Å². The highest BCUT2D eigenvalue weighted by atomic mass is 19.1. The fraction of sp³-hybridized carbons (Fsp3) is 0.207. The fourth-order valence-electron chi connectivity index (χ4n) is 3.10. The molecule has 0 amide bonds. The van der Waals surface area contributed by atoms with Crippen molar-refractivity contribution in [2.75, 3.05) is 0 Å². The van der Waals surface area contributed by atoms with Crippen LogP contribution < -0.4 is 14.2 Å². The van der Waals surface area contributed by atoms with Gasteiger partial charge in [0.2, 0.25) is 0 Å². The number of esters is 3. The molecular weight excluding hydrogens is 463 g/mol. The molecule has 6 nitrogen and oxygen atoms in total. The Labute approximate surface area is 210 Å². The highest BCUT2D eigenvalue weighted by molar-refractivity contribution is 5.93. The highest BCUT2D eigenvalue weighted by Gasteiger charge is 2.18. The molecule has 0 saturated heterocycles. The predicted molar refractivity (Wildman–Crippen MR) is 137 cm³/mol. The van der Waals surface area contributed by atoms with Crippen LogP contribution in [-0.4, -0.2) is 17.9 Å². The van der Waals surface area contributed by atoms with Gasteiger partial charge in [-0.2, -0.15) is 0 Å². The number of allylic oxidation sites excluding steroid dienone is 2. The van der Waals surface area contributed by atoms with Crippen LogP contribution in [0.4, 0.5) is 4.39 Å². The van der Waals surface area contributed by atoms with Gasteiger partial charge in [0.25, 0.3) is 0 Å². The van der Waals surface area contributed by atoms with E-state index >= 15 is 0 Å². The lowest BCUT2D eigenvalue weighted by Gasteiger charge is -2.16. The van der Waals surface area contributed by atoms with Gasteiger partial charge < -0.3 is 14.2 Å². The zero-order chi connectivity index (χ0) is 27.2. The topological polar surface area (TPSA) is 78.9 Å². The minimum absolute atomic E-state index is 0.0297. The summed E-state index contributed by atoms with van der Waals surface area (Å²) in [5.74, 6) is -2.88. The van der Waals surface area contributed by atoms with Crippen molar-refractivity contribution in [2.24, 2.45) is 0 Å². The van der Waals surface area contributed by atoms with Crippen molar-refractivity contribution in [1.82, 2.24) is 0 Å². The molecule has 0 heterocycles. The third kappa shape index (κ3) is 6.88. The molecule has 0 aliphatic carbocycles. The van der Waals surface area contributed by atoms with E-state index in [4.69, 9.17) is 14.2 Å². The molecule has 0 fully saturated rings. The van der Waals surface area contributed by atoms with Crippen LogP contribution >= 0.6 is 0 Å². The largest absolute Gasteiger partial charge is 0.420 e. The van der Waals surface area contributed by atoms with Gasteiger partial charge in [0, 0.05) is 16.7 Å². The van der Waals surface area contributed by atoms with Gasteiger partial charge in [-0.15, -0.1) is 0 Å². The summed E-state index contributed by atoms with van der Waals surface area (Å²) in [5.41, 5.74) is 3.32. The molecule has 2 aromatic rings. The van der Waals surface area contributed by atoms with E-state index in [-0.39, 0.29) is 34.0 Å². The summed E-state index contributed by atoms with van der Waals surface area (Å²) in [6.45, 7) is 18.8. The van der Waals surface area contributed by atoms with Crippen LogP contribution in [0.5, 0.6) is 17.2 Å². The van der Waals surface area contributed by atoms with Crippen molar-refractivity contribution in [1.29, 1.82) is 0 Å². The summed E-state index contributed by atoms with van der Waals surface area (Å²) in [7, 11) is 0. The second-order valence-electron chi connectivity index (χ2n) is 8.27. The highest BCUT2D eigenvalue weighted by Crippen LogP contribution is 2.36. The number of carbonyl (C=O) groups excluding carboxylic acids is 3. The third-order valence-electron chi connectivity index (χ3n) is 5.12. The van der Waals surface area contributed by atoms with E-state index < -0.39 is 23.7 Å². The first-order valence-electron chi connectivity index (χ1n) is 11.1. The molecule has 0 spiro atoms. The Hall–Kier alpha value is -4.26. The maximum Gasteiger partial charge on any atom is 0.338 e. The van der Waals surface area contributed by atoms with E-state index in [1.165, 1.54) is 39.0 Å². The van der Waals surface area contributed by atoms with Crippen molar-refractivity contribution in [3.05, 3.63) is 89.8 Å². The lowest BCUT2D eigenvalue weighted by molar-refractivity contribution is -0.132. The summed E-state index contributed by atoms with van der Waals surface area (Å²) >= 11 is 0. The smallest absolute Gasteiger partial charge is 0.338 e. The first kappa shape index (κ1) is 28.0. The Kier molecular flexibility index (Phi) is 9.27. The maximum atomic E-state index is 14.7. The molecule has 0 unspecified atom stereocenters. The van der Waals surface area contributed by atoms with Gasteiger partial charge in [-0.25, -0.2) is 18.8 Å². The van der Waals surface area contributed by atoms with E-state index in [0.29, 0.717) is 17.5 Å². The van der Waals surface area contributed by atoms with Crippen LogP contribution in [0, 0.1) is 5.82 Å². The Morgan fingerprint density at radius 3 is 1.61 bits per heavy atom. The van der Waals surface area contributed by atoms with Crippen molar-refractivity contribution in [3.63, 3.8) is 0 Å².